The van der Waals surface area contributed by atoms with E-state index in [-0.39, 0.29) is 0 Å². The molecule has 1 heterocycles. The van der Waals surface area contributed by atoms with E-state index in [4.69, 9.17) is 0 Å². The highest BCUT2D eigenvalue weighted by molar-refractivity contribution is 6.25. The van der Waals surface area contributed by atoms with Gasteiger partial charge in [0.1, 0.15) is 0 Å². The first-order valence-corrected chi connectivity index (χ1v) is 21.8. The third-order valence-electron chi connectivity index (χ3n) is 13.6. The SMILES string of the molecule is c1ccc(-c2ccc(N(c3ccc4c(c3)C3(c5ccccc5-4)c4ccccc4N(c4ccccc4)c4ccccc43)c3ccc4c5ccccc5c5ccccc5c4c3)cc2)cc1. The molecular weight excluding hydrogens is 761 g/mol. The quantitative estimate of drug-likeness (QED) is 0.160. The van der Waals surface area contributed by atoms with E-state index in [1.807, 2.05) is 0 Å². The van der Waals surface area contributed by atoms with Crippen LogP contribution in [0.1, 0.15) is 22.3 Å². The predicted molar refractivity (Wildman–Crippen MR) is 265 cm³/mol. The highest BCUT2D eigenvalue weighted by atomic mass is 15.2. The number of hydrogen-bond donors (Lipinski definition) is 0. The van der Waals surface area contributed by atoms with Crippen LogP contribution >= 0.6 is 0 Å². The Labute approximate surface area is 367 Å². The summed E-state index contributed by atoms with van der Waals surface area (Å²) >= 11 is 0. The molecule has 0 bridgehead atoms. The molecule has 63 heavy (non-hydrogen) atoms. The standard InChI is InChI=1S/C61H40N2/c1-3-17-41(18-4-1)42-31-33-44(34-32-42)62(45-35-37-51-49-23-8-7-21-47(49)48-22-9-10-24-50(48)54(51)39-45)46-36-38-53-52-25-11-12-26-55(52)61(58(53)40-46)56-27-13-15-29-59(56)63(43-19-5-2-6-20-43)60-30-16-14-28-57(60)61/h1-40H. The lowest BCUT2D eigenvalue weighted by molar-refractivity contribution is 0.752. The predicted octanol–water partition coefficient (Wildman–Crippen LogP) is 16.4. The monoisotopic (exact) mass is 800 g/mol. The van der Waals surface area contributed by atoms with Crippen LogP contribution in [-0.4, -0.2) is 0 Å². The van der Waals surface area contributed by atoms with Crippen LogP contribution in [0.5, 0.6) is 0 Å². The Kier molecular flexibility index (Phi) is 7.85. The molecule has 0 aromatic heterocycles. The van der Waals surface area contributed by atoms with Crippen molar-refractivity contribution in [3.63, 3.8) is 0 Å². The van der Waals surface area contributed by atoms with Crippen LogP contribution in [0.3, 0.4) is 0 Å². The van der Waals surface area contributed by atoms with Crippen LogP contribution in [0, 0.1) is 0 Å². The van der Waals surface area contributed by atoms with Gasteiger partial charge in [0.2, 0.25) is 0 Å². The van der Waals surface area contributed by atoms with Crippen LogP contribution < -0.4 is 9.80 Å². The maximum Gasteiger partial charge on any atom is 0.0755 e. The van der Waals surface area contributed by atoms with Gasteiger partial charge in [0, 0.05) is 22.7 Å². The summed E-state index contributed by atoms with van der Waals surface area (Å²) in [6.45, 7) is 0. The van der Waals surface area contributed by atoms with Crippen LogP contribution in [0.4, 0.5) is 34.1 Å². The van der Waals surface area contributed by atoms with E-state index in [9.17, 15) is 0 Å². The molecule has 0 amide bonds. The summed E-state index contributed by atoms with van der Waals surface area (Å²) in [5.74, 6) is 0. The lowest BCUT2D eigenvalue weighted by Gasteiger charge is -2.45. The normalized spacial score (nSPS) is 13.2. The molecule has 0 saturated heterocycles. The van der Waals surface area contributed by atoms with Gasteiger partial charge in [0.15, 0.2) is 0 Å². The molecule has 1 spiro atoms. The summed E-state index contributed by atoms with van der Waals surface area (Å²) in [6, 6.07) is 89.7. The van der Waals surface area contributed by atoms with Crippen molar-refractivity contribution in [2.45, 2.75) is 5.41 Å². The summed E-state index contributed by atoms with van der Waals surface area (Å²) in [5, 5.41) is 7.59. The van der Waals surface area contributed by atoms with Gasteiger partial charge in [-0.3, -0.25) is 0 Å². The van der Waals surface area contributed by atoms with Crippen LogP contribution in [0.15, 0.2) is 243 Å². The smallest absolute Gasteiger partial charge is 0.0755 e. The van der Waals surface area contributed by atoms with Crippen molar-refractivity contribution in [3.05, 3.63) is 265 Å². The molecule has 0 N–H and O–H groups in total. The maximum absolute atomic E-state index is 2.49. The number of fused-ring (bicyclic) bond motifs is 15. The Balaban J connectivity index is 1.08. The zero-order chi connectivity index (χ0) is 41.5. The number of nitrogens with zero attached hydrogens (tertiary/aromatic N) is 2. The van der Waals surface area contributed by atoms with Crippen molar-refractivity contribution < 1.29 is 0 Å². The zero-order valence-corrected chi connectivity index (χ0v) is 34.5. The number of para-hydroxylation sites is 3. The number of hydrogen-bond acceptors (Lipinski definition) is 2. The Morgan fingerprint density at radius 3 is 1.38 bits per heavy atom. The van der Waals surface area contributed by atoms with Crippen molar-refractivity contribution in [2.24, 2.45) is 0 Å². The summed E-state index contributed by atoms with van der Waals surface area (Å²) in [4.78, 5) is 4.91. The molecule has 13 rings (SSSR count). The van der Waals surface area contributed by atoms with E-state index >= 15 is 0 Å². The van der Waals surface area contributed by atoms with E-state index in [0.29, 0.717) is 0 Å². The number of rotatable bonds is 5. The minimum Gasteiger partial charge on any atom is -0.310 e. The lowest BCUT2D eigenvalue weighted by atomic mass is 9.64. The second-order valence-electron chi connectivity index (χ2n) is 16.8. The highest BCUT2D eigenvalue weighted by Gasteiger charge is 2.51. The average molecular weight is 801 g/mol. The number of benzene rings is 11. The molecule has 0 atom stereocenters. The first-order valence-electron chi connectivity index (χ1n) is 21.8. The van der Waals surface area contributed by atoms with Crippen molar-refractivity contribution in [2.75, 3.05) is 9.80 Å². The fourth-order valence-electron chi connectivity index (χ4n) is 11.0. The maximum atomic E-state index is 2.49. The summed E-state index contributed by atoms with van der Waals surface area (Å²) < 4.78 is 0. The van der Waals surface area contributed by atoms with Crippen molar-refractivity contribution >= 4 is 66.4 Å². The van der Waals surface area contributed by atoms with E-state index < -0.39 is 5.41 Å². The summed E-state index contributed by atoms with van der Waals surface area (Å²) in [5.41, 5.74) is 16.4. The van der Waals surface area contributed by atoms with Gasteiger partial charge in [-0.15, -0.1) is 0 Å². The molecule has 2 heteroatoms. The Morgan fingerprint density at radius 2 is 0.730 bits per heavy atom. The van der Waals surface area contributed by atoms with Crippen LogP contribution in [-0.2, 0) is 5.41 Å². The third kappa shape index (κ3) is 5.19. The van der Waals surface area contributed by atoms with E-state index in [1.54, 1.807) is 0 Å². The Bertz CT molecular complexity index is 3490. The Morgan fingerprint density at radius 1 is 0.286 bits per heavy atom. The third-order valence-corrected chi connectivity index (χ3v) is 13.6. The second kappa shape index (κ2) is 13.9. The topological polar surface area (TPSA) is 6.48 Å². The van der Waals surface area contributed by atoms with Crippen molar-refractivity contribution in [3.8, 4) is 22.3 Å². The molecule has 0 fully saturated rings. The molecule has 1 aliphatic heterocycles. The molecule has 2 nitrogen and oxygen atoms in total. The number of anilines is 6. The molecule has 1 aliphatic carbocycles. The molecule has 0 saturated carbocycles. The van der Waals surface area contributed by atoms with Gasteiger partial charge in [-0.2, -0.15) is 0 Å². The fraction of sp³-hybridized carbons (Fsp3) is 0.0164. The zero-order valence-electron chi connectivity index (χ0n) is 34.5. The van der Waals surface area contributed by atoms with Gasteiger partial charge in [-0.1, -0.05) is 182 Å². The van der Waals surface area contributed by atoms with Gasteiger partial charge in [-0.25, -0.2) is 0 Å². The summed E-state index contributed by atoms with van der Waals surface area (Å²) in [6.07, 6.45) is 0. The lowest BCUT2D eigenvalue weighted by Crippen LogP contribution is -2.36. The highest BCUT2D eigenvalue weighted by Crippen LogP contribution is 2.64. The van der Waals surface area contributed by atoms with Crippen molar-refractivity contribution in [1.29, 1.82) is 0 Å². The van der Waals surface area contributed by atoms with Gasteiger partial charge >= 0.3 is 0 Å². The summed E-state index contributed by atoms with van der Waals surface area (Å²) in [7, 11) is 0. The molecule has 0 unspecified atom stereocenters. The molecule has 11 aromatic rings. The Hall–Kier alpha value is -8.20. The molecule has 2 aliphatic rings. The van der Waals surface area contributed by atoms with Crippen LogP contribution in [0.2, 0.25) is 0 Å². The van der Waals surface area contributed by atoms with Gasteiger partial charge in [0.25, 0.3) is 0 Å². The van der Waals surface area contributed by atoms with E-state index in [2.05, 4.69) is 252 Å². The van der Waals surface area contributed by atoms with E-state index in [1.165, 1.54) is 88.2 Å². The van der Waals surface area contributed by atoms with Crippen molar-refractivity contribution in [1.82, 2.24) is 0 Å². The minimum atomic E-state index is -0.568. The van der Waals surface area contributed by atoms with Gasteiger partial charge in [0.05, 0.1) is 16.8 Å². The molecule has 0 radical (unpaired) electrons. The van der Waals surface area contributed by atoms with Gasteiger partial charge in [-0.05, 0) is 137 Å². The van der Waals surface area contributed by atoms with Crippen LogP contribution in [0.25, 0.3) is 54.6 Å². The molecule has 294 valence electrons. The minimum absolute atomic E-state index is 0.568. The van der Waals surface area contributed by atoms with E-state index in [0.717, 1.165) is 22.7 Å². The first kappa shape index (κ1) is 35.5. The average Bonchev–Trinajstić information content (AvgIpc) is 3.65. The second-order valence-corrected chi connectivity index (χ2v) is 16.8. The first-order chi connectivity index (χ1) is 31.3. The molecular formula is C61H40N2. The largest absolute Gasteiger partial charge is 0.310 e. The fourth-order valence-corrected chi connectivity index (χ4v) is 11.0. The molecule has 11 aromatic carbocycles. The van der Waals surface area contributed by atoms with Gasteiger partial charge < -0.3 is 9.80 Å².